The van der Waals surface area contributed by atoms with Crippen LogP contribution in [0.5, 0.6) is 0 Å². The molecule has 2 rings (SSSR count). The van der Waals surface area contributed by atoms with Gasteiger partial charge in [0.15, 0.2) is 5.11 Å². The molecule has 1 aromatic rings. The van der Waals surface area contributed by atoms with Crippen molar-refractivity contribution in [1.29, 1.82) is 0 Å². The lowest BCUT2D eigenvalue weighted by atomic mass is 10.3. The highest BCUT2D eigenvalue weighted by Crippen LogP contribution is 1.99. The van der Waals surface area contributed by atoms with Crippen molar-refractivity contribution in [2.75, 3.05) is 26.3 Å². The standard InChI is InChI=1S/C11H15N3OS/c16-11(14-4-6-15-7-5-14)13-9-10-2-1-3-12-8-10/h1-3,8H,4-7,9H2,(H,13,16). The van der Waals surface area contributed by atoms with Crippen LogP contribution in [-0.2, 0) is 11.3 Å². The Bertz CT molecular complexity index is 338. The lowest BCUT2D eigenvalue weighted by Gasteiger charge is -2.29. The van der Waals surface area contributed by atoms with Crippen LogP contribution in [0, 0.1) is 0 Å². The molecule has 4 nitrogen and oxygen atoms in total. The number of hydrogen-bond donors (Lipinski definition) is 1. The Balaban J connectivity index is 1.79. The zero-order valence-corrected chi connectivity index (χ0v) is 9.87. The maximum absolute atomic E-state index is 5.31. The van der Waals surface area contributed by atoms with E-state index in [-0.39, 0.29) is 0 Å². The van der Waals surface area contributed by atoms with E-state index in [2.05, 4.69) is 15.2 Å². The van der Waals surface area contributed by atoms with Crippen LogP contribution in [0.3, 0.4) is 0 Å². The first-order chi connectivity index (χ1) is 7.86. The minimum absolute atomic E-state index is 0.726. The summed E-state index contributed by atoms with van der Waals surface area (Å²) in [6.45, 7) is 3.99. The smallest absolute Gasteiger partial charge is 0.169 e. The molecule has 0 radical (unpaired) electrons. The van der Waals surface area contributed by atoms with E-state index < -0.39 is 0 Å². The Labute approximate surface area is 101 Å². The molecule has 0 spiro atoms. The van der Waals surface area contributed by atoms with Crippen LogP contribution in [0.2, 0.25) is 0 Å². The summed E-state index contributed by atoms with van der Waals surface area (Å²) in [6, 6.07) is 3.96. The Morgan fingerprint density at radius 3 is 3.00 bits per heavy atom. The molecule has 0 aromatic carbocycles. The topological polar surface area (TPSA) is 37.4 Å². The van der Waals surface area contributed by atoms with Crippen molar-refractivity contribution in [2.24, 2.45) is 0 Å². The second-order valence-electron chi connectivity index (χ2n) is 3.62. The molecule has 0 amide bonds. The predicted molar refractivity (Wildman–Crippen MR) is 66.1 cm³/mol. The molecule has 1 saturated heterocycles. The van der Waals surface area contributed by atoms with E-state index in [1.165, 1.54) is 0 Å². The van der Waals surface area contributed by atoms with E-state index in [0.29, 0.717) is 0 Å². The average Bonchev–Trinajstić information content (AvgIpc) is 2.38. The van der Waals surface area contributed by atoms with Crippen molar-refractivity contribution in [1.82, 2.24) is 15.2 Å². The highest BCUT2D eigenvalue weighted by Gasteiger charge is 2.12. The van der Waals surface area contributed by atoms with Crippen LogP contribution in [-0.4, -0.2) is 41.3 Å². The van der Waals surface area contributed by atoms with Crippen molar-refractivity contribution in [3.63, 3.8) is 0 Å². The summed E-state index contributed by atoms with van der Waals surface area (Å²) >= 11 is 5.31. The fourth-order valence-electron chi connectivity index (χ4n) is 1.56. The molecule has 5 heteroatoms. The zero-order chi connectivity index (χ0) is 11.2. The minimum Gasteiger partial charge on any atom is -0.378 e. The average molecular weight is 237 g/mol. The molecule has 0 saturated carbocycles. The maximum atomic E-state index is 5.31. The molecule has 0 atom stereocenters. The quantitative estimate of drug-likeness (QED) is 0.770. The third kappa shape index (κ3) is 3.15. The molecule has 1 N–H and O–H groups in total. The Morgan fingerprint density at radius 1 is 1.50 bits per heavy atom. The number of morpholine rings is 1. The van der Waals surface area contributed by atoms with E-state index in [9.17, 15) is 0 Å². The van der Waals surface area contributed by atoms with Gasteiger partial charge in [0.1, 0.15) is 0 Å². The summed E-state index contributed by atoms with van der Waals surface area (Å²) in [5.74, 6) is 0. The molecular weight excluding hydrogens is 222 g/mol. The van der Waals surface area contributed by atoms with E-state index in [1.807, 2.05) is 18.3 Å². The summed E-state index contributed by atoms with van der Waals surface area (Å²) in [5, 5.41) is 4.03. The first-order valence-corrected chi connectivity index (χ1v) is 5.76. The summed E-state index contributed by atoms with van der Waals surface area (Å²) in [6.07, 6.45) is 3.61. The van der Waals surface area contributed by atoms with Gasteiger partial charge in [0.2, 0.25) is 0 Å². The van der Waals surface area contributed by atoms with Crippen LogP contribution >= 0.6 is 12.2 Å². The molecule has 1 aliphatic rings. The maximum Gasteiger partial charge on any atom is 0.169 e. The number of aromatic nitrogens is 1. The molecule has 1 aromatic heterocycles. The molecule has 86 valence electrons. The van der Waals surface area contributed by atoms with Crippen molar-refractivity contribution < 1.29 is 4.74 Å². The van der Waals surface area contributed by atoms with Gasteiger partial charge in [-0.1, -0.05) is 6.07 Å². The van der Waals surface area contributed by atoms with E-state index in [1.54, 1.807) is 6.20 Å². The van der Waals surface area contributed by atoms with Gasteiger partial charge in [-0.2, -0.15) is 0 Å². The second-order valence-corrected chi connectivity index (χ2v) is 4.01. The normalized spacial score (nSPS) is 15.9. The molecule has 2 heterocycles. The van der Waals surface area contributed by atoms with Gasteiger partial charge in [-0.25, -0.2) is 0 Å². The van der Waals surface area contributed by atoms with Crippen LogP contribution in [0.1, 0.15) is 5.56 Å². The third-order valence-corrected chi connectivity index (χ3v) is 2.87. The van der Waals surface area contributed by atoms with Gasteiger partial charge < -0.3 is 15.0 Å². The lowest BCUT2D eigenvalue weighted by Crippen LogP contribution is -2.45. The van der Waals surface area contributed by atoms with Crippen molar-refractivity contribution in [3.8, 4) is 0 Å². The highest BCUT2D eigenvalue weighted by atomic mass is 32.1. The Hall–Kier alpha value is -1.20. The van der Waals surface area contributed by atoms with Crippen LogP contribution in [0.4, 0.5) is 0 Å². The van der Waals surface area contributed by atoms with E-state index in [4.69, 9.17) is 17.0 Å². The van der Waals surface area contributed by atoms with E-state index >= 15 is 0 Å². The van der Waals surface area contributed by atoms with Crippen LogP contribution in [0.25, 0.3) is 0 Å². The van der Waals surface area contributed by atoms with Crippen LogP contribution < -0.4 is 5.32 Å². The number of ether oxygens (including phenoxy) is 1. The predicted octanol–water partition coefficient (Wildman–Crippen LogP) is 0.788. The van der Waals surface area contributed by atoms with Gasteiger partial charge in [-0.3, -0.25) is 4.98 Å². The fraction of sp³-hybridized carbons (Fsp3) is 0.455. The molecule has 0 aliphatic carbocycles. The summed E-state index contributed by atoms with van der Waals surface area (Å²) in [7, 11) is 0. The summed E-state index contributed by atoms with van der Waals surface area (Å²) < 4.78 is 5.27. The number of rotatable bonds is 2. The summed E-state index contributed by atoms with van der Waals surface area (Å²) in [4.78, 5) is 6.19. The number of pyridine rings is 1. The molecule has 1 fully saturated rings. The molecular formula is C11H15N3OS. The molecule has 16 heavy (non-hydrogen) atoms. The van der Waals surface area contributed by atoms with Gasteiger partial charge in [-0.15, -0.1) is 0 Å². The van der Waals surface area contributed by atoms with Crippen molar-refractivity contribution in [3.05, 3.63) is 30.1 Å². The first-order valence-electron chi connectivity index (χ1n) is 5.36. The van der Waals surface area contributed by atoms with Crippen molar-refractivity contribution in [2.45, 2.75) is 6.54 Å². The number of thiocarbonyl (C=S) groups is 1. The van der Waals surface area contributed by atoms with Crippen molar-refractivity contribution >= 4 is 17.3 Å². The molecule has 1 aliphatic heterocycles. The van der Waals surface area contributed by atoms with Crippen LogP contribution in [0.15, 0.2) is 24.5 Å². The Kier molecular flexibility index (Phi) is 4.07. The minimum atomic E-state index is 0.726. The second kappa shape index (κ2) is 5.77. The Morgan fingerprint density at radius 2 is 2.31 bits per heavy atom. The molecule has 0 unspecified atom stereocenters. The third-order valence-electron chi connectivity index (χ3n) is 2.46. The monoisotopic (exact) mass is 237 g/mol. The first kappa shape index (κ1) is 11.3. The number of nitrogens with zero attached hydrogens (tertiary/aromatic N) is 2. The van der Waals surface area contributed by atoms with Gasteiger partial charge >= 0.3 is 0 Å². The fourth-order valence-corrected chi connectivity index (χ4v) is 1.81. The van der Waals surface area contributed by atoms with Gasteiger partial charge in [0.25, 0.3) is 0 Å². The lowest BCUT2D eigenvalue weighted by molar-refractivity contribution is 0.0676. The van der Waals surface area contributed by atoms with Gasteiger partial charge in [0, 0.05) is 32.0 Å². The molecule has 0 bridgehead atoms. The highest BCUT2D eigenvalue weighted by molar-refractivity contribution is 7.80. The number of hydrogen-bond acceptors (Lipinski definition) is 3. The largest absolute Gasteiger partial charge is 0.378 e. The van der Waals surface area contributed by atoms with E-state index in [0.717, 1.165) is 43.5 Å². The summed E-state index contributed by atoms with van der Waals surface area (Å²) in [5.41, 5.74) is 1.14. The van der Waals surface area contributed by atoms with Gasteiger partial charge in [0.05, 0.1) is 13.2 Å². The number of nitrogens with one attached hydrogen (secondary N) is 1. The zero-order valence-electron chi connectivity index (χ0n) is 9.06. The SMILES string of the molecule is S=C(NCc1cccnc1)N1CCOCC1. The van der Waals surface area contributed by atoms with Gasteiger partial charge in [-0.05, 0) is 23.8 Å².